The van der Waals surface area contributed by atoms with Gasteiger partial charge in [-0.3, -0.25) is 4.79 Å². The lowest BCUT2D eigenvalue weighted by Gasteiger charge is -2.13. The summed E-state index contributed by atoms with van der Waals surface area (Å²) < 4.78 is 1.45. The predicted octanol–water partition coefficient (Wildman–Crippen LogP) is 3.73. The average Bonchev–Trinajstić information content (AvgIpc) is 3.12. The van der Waals surface area contributed by atoms with Crippen molar-refractivity contribution >= 4 is 35.1 Å². The average molecular weight is 390 g/mol. The lowest BCUT2D eigenvalue weighted by molar-refractivity contribution is -0.139. The smallest absolute Gasteiger partial charge is 0.330 e. The number of carbonyl (C=O) groups is 2. The lowest BCUT2D eigenvalue weighted by Crippen LogP contribution is -2.34. The molecule has 26 heavy (non-hydrogen) atoms. The molecule has 3 aromatic rings. The summed E-state index contributed by atoms with van der Waals surface area (Å²) in [6.45, 7) is 0. The van der Waals surface area contributed by atoms with Gasteiger partial charge in [0.25, 0.3) is 5.91 Å². The minimum atomic E-state index is -1.17. The Morgan fingerprint density at radius 1 is 1.04 bits per heavy atom. The number of carbonyl (C=O) groups excluding carboxylic acids is 1. The van der Waals surface area contributed by atoms with E-state index in [-0.39, 0.29) is 5.69 Å². The van der Waals surface area contributed by atoms with Crippen molar-refractivity contribution < 1.29 is 14.7 Å². The lowest BCUT2D eigenvalue weighted by atomic mass is 10.1. The van der Waals surface area contributed by atoms with E-state index in [4.69, 9.17) is 23.2 Å². The Morgan fingerprint density at radius 3 is 2.42 bits per heavy atom. The van der Waals surface area contributed by atoms with Gasteiger partial charge < -0.3 is 10.4 Å². The summed E-state index contributed by atoms with van der Waals surface area (Å²) in [5.41, 5.74) is 1.17. The molecule has 0 aliphatic rings. The molecule has 0 bridgehead atoms. The molecule has 2 N–H and O–H groups in total. The van der Waals surface area contributed by atoms with E-state index < -0.39 is 17.9 Å². The summed E-state index contributed by atoms with van der Waals surface area (Å²) >= 11 is 11.9. The van der Waals surface area contributed by atoms with Gasteiger partial charge >= 0.3 is 5.97 Å². The van der Waals surface area contributed by atoms with Gasteiger partial charge in [-0.25, -0.2) is 9.48 Å². The molecule has 0 fully saturated rings. The van der Waals surface area contributed by atoms with E-state index in [0.29, 0.717) is 21.3 Å². The molecule has 1 unspecified atom stereocenters. The number of halogens is 2. The Kier molecular flexibility index (Phi) is 5.25. The molecule has 0 saturated heterocycles. The molecular weight excluding hydrogens is 377 g/mol. The number of carboxylic acids is 1. The van der Waals surface area contributed by atoms with Crippen LogP contribution in [0.25, 0.3) is 5.69 Å². The predicted molar refractivity (Wildman–Crippen MR) is 97.9 cm³/mol. The zero-order chi connectivity index (χ0) is 18.7. The molecule has 0 radical (unpaired) electrons. The number of nitrogens with one attached hydrogen (secondary N) is 1. The van der Waals surface area contributed by atoms with E-state index in [9.17, 15) is 14.7 Å². The van der Waals surface area contributed by atoms with Crippen LogP contribution in [0.5, 0.6) is 0 Å². The van der Waals surface area contributed by atoms with Crippen molar-refractivity contribution in [3.8, 4) is 5.69 Å². The first-order valence-corrected chi connectivity index (χ1v) is 8.31. The van der Waals surface area contributed by atoms with Crippen molar-refractivity contribution in [1.29, 1.82) is 0 Å². The summed E-state index contributed by atoms with van der Waals surface area (Å²) in [4.78, 5) is 23.9. The molecule has 1 heterocycles. The van der Waals surface area contributed by atoms with Gasteiger partial charge in [0.2, 0.25) is 0 Å². The largest absolute Gasteiger partial charge is 0.479 e. The van der Waals surface area contributed by atoms with E-state index in [1.807, 2.05) is 0 Å². The maximum Gasteiger partial charge on any atom is 0.330 e. The number of carboxylic acid groups (broad SMARTS) is 1. The second kappa shape index (κ2) is 7.59. The molecule has 1 aromatic heterocycles. The number of benzene rings is 2. The van der Waals surface area contributed by atoms with E-state index in [1.165, 1.54) is 10.7 Å². The van der Waals surface area contributed by atoms with Gasteiger partial charge in [-0.1, -0.05) is 53.5 Å². The number of aromatic nitrogens is 2. The number of aliphatic carboxylic acids is 1. The highest BCUT2D eigenvalue weighted by Crippen LogP contribution is 2.24. The topological polar surface area (TPSA) is 84.2 Å². The number of rotatable bonds is 5. The molecule has 8 heteroatoms. The van der Waals surface area contributed by atoms with E-state index in [2.05, 4.69) is 10.4 Å². The fourth-order valence-electron chi connectivity index (χ4n) is 2.35. The normalized spacial score (nSPS) is 11.8. The summed E-state index contributed by atoms with van der Waals surface area (Å²) in [7, 11) is 0. The number of hydrogen-bond acceptors (Lipinski definition) is 3. The molecule has 0 spiro atoms. The Morgan fingerprint density at radius 2 is 1.77 bits per heavy atom. The molecular formula is C18H13Cl2N3O3. The summed E-state index contributed by atoms with van der Waals surface area (Å²) in [5, 5.41) is 16.8. The van der Waals surface area contributed by atoms with Crippen LogP contribution in [0.2, 0.25) is 10.0 Å². The maximum absolute atomic E-state index is 12.4. The van der Waals surface area contributed by atoms with Crippen LogP contribution in [-0.4, -0.2) is 26.8 Å². The highest BCUT2D eigenvalue weighted by molar-refractivity contribution is 6.42. The fourth-order valence-corrected chi connectivity index (χ4v) is 2.65. The van der Waals surface area contributed by atoms with Crippen molar-refractivity contribution in [3.05, 3.63) is 82.1 Å². The number of amides is 1. The van der Waals surface area contributed by atoms with Crippen molar-refractivity contribution in [2.45, 2.75) is 6.04 Å². The molecule has 0 aliphatic carbocycles. The fraction of sp³-hybridized carbons (Fsp3) is 0.0556. The Labute approximate surface area is 159 Å². The first kappa shape index (κ1) is 18.0. The van der Waals surface area contributed by atoms with Crippen LogP contribution in [-0.2, 0) is 4.79 Å². The van der Waals surface area contributed by atoms with Gasteiger partial charge in [0, 0.05) is 6.20 Å². The second-order valence-corrected chi connectivity index (χ2v) is 6.21. The van der Waals surface area contributed by atoms with Crippen molar-refractivity contribution in [2.75, 3.05) is 0 Å². The van der Waals surface area contributed by atoms with Crippen LogP contribution in [0.1, 0.15) is 22.1 Å². The SMILES string of the molecule is O=C(NC(C(=O)O)c1ccccc1)c1ccn(-c2ccc(Cl)c(Cl)c2)n1. The highest BCUT2D eigenvalue weighted by Gasteiger charge is 2.23. The van der Waals surface area contributed by atoms with E-state index >= 15 is 0 Å². The first-order valence-electron chi connectivity index (χ1n) is 7.55. The quantitative estimate of drug-likeness (QED) is 0.695. The van der Waals surface area contributed by atoms with Gasteiger partial charge in [0.05, 0.1) is 15.7 Å². The maximum atomic E-state index is 12.4. The van der Waals surface area contributed by atoms with Crippen LogP contribution < -0.4 is 5.32 Å². The summed E-state index contributed by atoms with van der Waals surface area (Å²) in [5.74, 6) is -1.76. The first-order chi connectivity index (χ1) is 12.5. The summed E-state index contributed by atoms with van der Waals surface area (Å²) in [6.07, 6.45) is 1.58. The molecule has 132 valence electrons. The number of hydrogen-bond donors (Lipinski definition) is 2. The third-order valence-electron chi connectivity index (χ3n) is 3.64. The van der Waals surface area contributed by atoms with Gasteiger partial charge in [0.1, 0.15) is 0 Å². The third-order valence-corrected chi connectivity index (χ3v) is 4.38. The minimum absolute atomic E-state index is 0.0817. The van der Waals surface area contributed by atoms with Crippen molar-refractivity contribution in [1.82, 2.24) is 15.1 Å². The molecule has 3 rings (SSSR count). The van der Waals surface area contributed by atoms with Crippen molar-refractivity contribution in [3.63, 3.8) is 0 Å². The third kappa shape index (κ3) is 3.87. The van der Waals surface area contributed by atoms with Crippen molar-refractivity contribution in [2.24, 2.45) is 0 Å². The zero-order valence-corrected chi connectivity index (χ0v) is 14.8. The highest BCUT2D eigenvalue weighted by atomic mass is 35.5. The standard InChI is InChI=1S/C18H13Cl2N3O3/c19-13-7-6-12(10-14(13)20)23-9-8-15(22-23)17(24)21-16(18(25)26)11-4-2-1-3-5-11/h1-10,16H,(H,21,24)(H,25,26). The van der Waals surface area contributed by atoms with Crippen LogP contribution in [0, 0.1) is 0 Å². The molecule has 6 nitrogen and oxygen atoms in total. The van der Waals surface area contributed by atoms with Gasteiger partial charge in [-0.2, -0.15) is 5.10 Å². The Bertz CT molecular complexity index is 957. The van der Waals surface area contributed by atoms with Gasteiger partial charge in [-0.05, 0) is 29.8 Å². The van der Waals surface area contributed by atoms with Crippen LogP contribution in [0.15, 0.2) is 60.8 Å². The Hall–Kier alpha value is -2.83. The van der Waals surface area contributed by atoms with Crippen LogP contribution in [0.3, 0.4) is 0 Å². The molecule has 0 saturated carbocycles. The summed E-state index contributed by atoms with van der Waals surface area (Å²) in [6, 6.07) is 13.7. The van der Waals surface area contributed by atoms with Crippen LogP contribution >= 0.6 is 23.2 Å². The Balaban J connectivity index is 1.81. The van der Waals surface area contributed by atoms with E-state index in [1.54, 1.807) is 54.7 Å². The minimum Gasteiger partial charge on any atom is -0.479 e. The molecule has 1 amide bonds. The number of nitrogens with zero attached hydrogens (tertiary/aromatic N) is 2. The van der Waals surface area contributed by atoms with Gasteiger partial charge in [0.15, 0.2) is 11.7 Å². The van der Waals surface area contributed by atoms with Gasteiger partial charge in [-0.15, -0.1) is 0 Å². The molecule has 2 aromatic carbocycles. The zero-order valence-electron chi connectivity index (χ0n) is 13.3. The molecule has 0 aliphatic heterocycles. The molecule has 1 atom stereocenters. The van der Waals surface area contributed by atoms with E-state index in [0.717, 1.165) is 0 Å². The second-order valence-electron chi connectivity index (χ2n) is 5.40. The monoisotopic (exact) mass is 389 g/mol. The van der Waals surface area contributed by atoms with Crippen LogP contribution in [0.4, 0.5) is 0 Å².